The molecule has 1 aromatic rings. The first-order chi connectivity index (χ1) is 9.13. The number of hydrazine groups is 1. The van der Waals surface area contributed by atoms with Crippen LogP contribution < -0.4 is 11.3 Å². The third-order valence-corrected chi connectivity index (χ3v) is 4.99. The highest BCUT2D eigenvalue weighted by Crippen LogP contribution is 2.35. The zero-order valence-electron chi connectivity index (χ0n) is 11.3. The largest absolute Gasteiger partial charge is 0.271 e. The topological polar surface area (TPSA) is 38.0 Å². The highest BCUT2D eigenvalue weighted by Gasteiger charge is 2.29. The molecule has 1 aromatic carbocycles. The Balaban J connectivity index is 2.00. The number of nitrogens with two attached hydrogens (primary N) is 1. The van der Waals surface area contributed by atoms with Crippen LogP contribution in [0.2, 0.25) is 0 Å². The van der Waals surface area contributed by atoms with Gasteiger partial charge in [0.2, 0.25) is 0 Å². The summed E-state index contributed by atoms with van der Waals surface area (Å²) in [5, 5.41) is 0. The third kappa shape index (κ3) is 3.77. The Hall–Kier alpha value is -0.450. The van der Waals surface area contributed by atoms with E-state index in [4.69, 9.17) is 5.84 Å². The number of halogens is 2. The normalized spacial score (nSPS) is 24.6. The van der Waals surface area contributed by atoms with E-state index in [2.05, 4.69) is 28.3 Å². The van der Waals surface area contributed by atoms with Crippen molar-refractivity contribution in [1.82, 2.24) is 5.43 Å². The number of hydrogen-bond acceptors (Lipinski definition) is 2. The summed E-state index contributed by atoms with van der Waals surface area (Å²) in [6, 6.07) is 5.49. The molecule has 106 valence electrons. The molecule has 0 spiro atoms. The molecule has 1 aliphatic rings. The van der Waals surface area contributed by atoms with Crippen LogP contribution in [0.3, 0.4) is 0 Å². The van der Waals surface area contributed by atoms with Crippen molar-refractivity contribution in [2.45, 2.75) is 45.1 Å². The van der Waals surface area contributed by atoms with Gasteiger partial charge in [-0.25, -0.2) is 4.39 Å². The molecule has 0 bridgehead atoms. The molecule has 4 heteroatoms. The molecule has 2 rings (SSSR count). The van der Waals surface area contributed by atoms with Gasteiger partial charge in [0, 0.05) is 6.04 Å². The van der Waals surface area contributed by atoms with E-state index < -0.39 is 0 Å². The molecule has 1 aliphatic carbocycles. The maximum atomic E-state index is 13.2. The smallest absolute Gasteiger partial charge is 0.137 e. The van der Waals surface area contributed by atoms with Gasteiger partial charge >= 0.3 is 0 Å². The van der Waals surface area contributed by atoms with Crippen LogP contribution in [-0.2, 0) is 6.42 Å². The van der Waals surface area contributed by atoms with E-state index in [0.717, 1.165) is 17.9 Å². The molecular formula is C15H22BrFN2. The summed E-state index contributed by atoms with van der Waals surface area (Å²) in [5.41, 5.74) is 4.08. The first kappa shape index (κ1) is 14.9. The lowest BCUT2D eigenvalue weighted by atomic mass is 9.91. The van der Waals surface area contributed by atoms with E-state index in [0.29, 0.717) is 10.4 Å². The first-order valence-corrected chi connectivity index (χ1v) is 7.83. The Morgan fingerprint density at radius 2 is 2.26 bits per heavy atom. The van der Waals surface area contributed by atoms with Crippen LogP contribution in [-0.4, -0.2) is 6.04 Å². The van der Waals surface area contributed by atoms with Crippen molar-refractivity contribution in [3.8, 4) is 0 Å². The lowest BCUT2D eigenvalue weighted by Gasteiger charge is -2.23. The van der Waals surface area contributed by atoms with Gasteiger partial charge in [-0.1, -0.05) is 25.8 Å². The summed E-state index contributed by atoms with van der Waals surface area (Å²) >= 11 is 3.24. The predicted molar refractivity (Wildman–Crippen MR) is 80.0 cm³/mol. The molecule has 0 heterocycles. The SMILES string of the molecule is CCC1CCC(C(Cc2ccc(F)c(Br)c2)NN)C1. The van der Waals surface area contributed by atoms with Gasteiger partial charge in [-0.2, -0.15) is 0 Å². The number of benzene rings is 1. The molecule has 1 fully saturated rings. The standard InChI is InChI=1S/C15H22BrFN2/c1-2-10-3-5-12(7-10)15(19-18)9-11-4-6-14(17)13(16)8-11/h4,6,8,10,12,15,19H,2-3,5,7,9,18H2,1H3. The van der Waals surface area contributed by atoms with Crippen LogP contribution in [0.1, 0.15) is 38.2 Å². The molecule has 0 aliphatic heterocycles. The van der Waals surface area contributed by atoms with Gasteiger partial charge in [0.15, 0.2) is 0 Å². The molecule has 3 N–H and O–H groups in total. The minimum absolute atomic E-state index is 0.215. The zero-order chi connectivity index (χ0) is 13.8. The Labute approximate surface area is 123 Å². The summed E-state index contributed by atoms with van der Waals surface area (Å²) in [4.78, 5) is 0. The van der Waals surface area contributed by atoms with E-state index in [1.54, 1.807) is 0 Å². The van der Waals surface area contributed by atoms with E-state index in [9.17, 15) is 4.39 Å². The fourth-order valence-corrected chi connectivity index (χ4v) is 3.56. The van der Waals surface area contributed by atoms with Gasteiger partial charge in [-0.3, -0.25) is 11.3 Å². The van der Waals surface area contributed by atoms with E-state index in [-0.39, 0.29) is 11.9 Å². The second-order valence-corrected chi connectivity index (χ2v) is 6.43. The number of nitrogens with one attached hydrogen (secondary N) is 1. The van der Waals surface area contributed by atoms with E-state index in [1.807, 2.05) is 12.1 Å². The Morgan fingerprint density at radius 3 is 2.84 bits per heavy atom. The van der Waals surface area contributed by atoms with Gasteiger partial charge in [-0.05, 0) is 64.7 Å². The molecule has 0 aromatic heterocycles. The maximum Gasteiger partial charge on any atom is 0.137 e. The summed E-state index contributed by atoms with van der Waals surface area (Å²) in [6.07, 6.45) is 5.93. The number of hydrogen-bond donors (Lipinski definition) is 2. The molecule has 3 atom stereocenters. The summed E-state index contributed by atoms with van der Waals surface area (Å²) in [6.45, 7) is 2.26. The molecule has 3 unspecified atom stereocenters. The maximum absolute atomic E-state index is 13.2. The van der Waals surface area contributed by atoms with Crippen molar-refractivity contribution in [2.24, 2.45) is 17.7 Å². The van der Waals surface area contributed by atoms with E-state index >= 15 is 0 Å². The van der Waals surface area contributed by atoms with Gasteiger partial charge in [0.25, 0.3) is 0 Å². The average Bonchev–Trinajstić information content (AvgIpc) is 2.88. The minimum atomic E-state index is -0.215. The molecule has 19 heavy (non-hydrogen) atoms. The van der Waals surface area contributed by atoms with Gasteiger partial charge in [0.05, 0.1) is 4.47 Å². The zero-order valence-corrected chi connectivity index (χ0v) is 12.9. The molecule has 1 saturated carbocycles. The van der Waals surface area contributed by atoms with E-state index in [1.165, 1.54) is 31.7 Å². The van der Waals surface area contributed by atoms with Gasteiger partial charge in [-0.15, -0.1) is 0 Å². The Bertz CT molecular complexity index is 425. The van der Waals surface area contributed by atoms with Crippen molar-refractivity contribution in [2.75, 3.05) is 0 Å². The van der Waals surface area contributed by atoms with Crippen molar-refractivity contribution in [3.63, 3.8) is 0 Å². The summed E-state index contributed by atoms with van der Waals surface area (Å²) in [5.74, 6) is 6.99. The lowest BCUT2D eigenvalue weighted by Crippen LogP contribution is -2.41. The fraction of sp³-hybridized carbons (Fsp3) is 0.600. The summed E-state index contributed by atoms with van der Waals surface area (Å²) < 4.78 is 13.8. The van der Waals surface area contributed by atoms with Crippen LogP contribution in [0, 0.1) is 17.7 Å². The van der Waals surface area contributed by atoms with Crippen molar-refractivity contribution in [3.05, 3.63) is 34.1 Å². The highest BCUT2D eigenvalue weighted by atomic mass is 79.9. The van der Waals surface area contributed by atoms with Crippen molar-refractivity contribution < 1.29 is 4.39 Å². The lowest BCUT2D eigenvalue weighted by molar-refractivity contribution is 0.348. The van der Waals surface area contributed by atoms with Crippen LogP contribution in [0.15, 0.2) is 22.7 Å². The molecule has 2 nitrogen and oxygen atoms in total. The Morgan fingerprint density at radius 1 is 1.47 bits per heavy atom. The van der Waals surface area contributed by atoms with Gasteiger partial charge in [0.1, 0.15) is 5.82 Å². The molecule has 0 radical (unpaired) electrons. The fourth-order valence-electron chi connectivity index (χ4n) is 3.13. The average molecular weight is 329 g/mol. The van der Waals surface area contributed by atoms with Crippen LogP contribution >= 0.6 is 15.9 Å². The molecule has 0 amide bonds. The third-order valence-electron chi connectivity index (χ3n) is 4.38. The Kier molecular flexibility index (Phi) is 5.37. The minimum Gasteiger partial charge on any atom is -0.271 e. The van der Waals surface area contributed by atoms with Crippen LogP contribution in [0.25, 0.3) is 0 Å². The monoisotopic (exact) mass is 328 g/mol. The van der Waals surface area contributed by atoms with Crippen molar-refractivity contribution >= 4 is 15.9 Å². The summed E-state index contributed by atoms with van der Waals surface area (Å²) in [7, 11) is 0. The predicted octanol–water partition coefficient (Wildman–Crippen LogP) is 3.79. The van der Waals surface area contributed by atoms with Crippen molar-refractivity contribution in [1.29, 1.82) is 0 Å². The second kappa shape index (κ2) is 6.82. The molecular weight excluding hydrogens is 307 g/mol. The quantitative estimate of drug-likeness (QED) is 0.637. The highest BCUT2D eigenvalue weighted by molar-refractivity contribution is 9.10. The number of rotatable bonds is 5. The first-order valence-electron chi connectivity index (χ1n) is 7.04. The molecule has 0 saturated heterocycles. The van der Waals surface area contributed by atoms with Crippen LogP contribution in [0.5, 0.6) is 0 Å². The second-order valence-electron chi connectivity index (χ2n) is 5.57. The van der Waals surface area contributed by atoms with Gasteiger partial charge < -0.3 is 0 Å². The van der Waals surface area contributed by atoms with Crippen LogP contribution in [0.4, 0.5) is 4.39 Å².